The van der Waals surface area contributed by atoms with Gasteiger partial charge in [-0.1, -0.05) is 30.3 Å². The molecule has 2 saturated carbocycles. The van der Waals surface area contributed by atoms with E-state index in [4.69, 9.17) is 4.74 Å². The zero-order valence-corrected chi connectivity index (χ0v) is 17.1. The Kier molecular flexibility index (Phi) is 5.04. The van der Waals surface area contributed by atoms with Crippen molar-refractivity contribution in [3.05, 3.63) is 65.2 Å². The Morgan fingerprint density at radius 2 is 1.97 bits per heavy atom. The normalized spacial score (nSPS) is 29.1. The van der Waals surface area contributed by atoms with E-state index in [9.17, 15) is 4.79 Å². The molecule has 0 unspecified atom stereocenters. The summed E-state index contributed by atoms with van der Waals surface area (Å²) >= 11 is 0. The number of benzene rings is 2. The molecule has 2 bridgehead atoms. The van der Waals surface area contributed by atoms with E-state index in [-0.39, 0.29) is 5.91 Å². The fourth-order valence-electron chi connectivity index (χ4n) is 6.14. The highest BCUT2D eigenvalue weighted by molar-refractivity contribution is 5.95. The minimum atomic E-state index is 0.0220. The summed E-state index contributed by atoms with van der Waals surface area (Å²) in [6.07, 6.45) is 4.86. The molecule has 2 aromatic carbocycles. The van der Waals surface area contributed by atoms with Crippen molar-refractivity contribution in [2.75, 3.05) is 25.6 Å². The zero-order chi connectivity index (χ0) is 19.8. The third kappa shape index (κ3) is 3.33. The van der Waals surface area contributed by atoms with Crippen LogP contribution in [0.25, 0.3) is 0 Å². The van der Waals surface area contributed by atoms with Crippen LogP contribution >= 0.6 is 0 Å². The molecule has 4 heteroatoms. The number of anilines is 1. The summed E-state index contributed by atoms with van der Waals surface area (Å²) < 4.78 is 5.07. The third-order valence-electron chi connectivity index (χ3n) is 7.32. The molecule has 0 spiro atoms. The van der Waals surface area contributed by atoms with Gasteiger partial charge in [0.2, 0.25) is 0 Å². The Hall–Kier alpha value is -2.33. The minimum Gasteiger partial charge on any atom is -0.385 e. The average Bonchev–Trinajstić information content (AvgIpc) is 3.39. The number of amides is 1. The highest BCUT2D eigenvalue weighted by Gasteiger charge is 2.53. The summed E-state index contributed by atoms with van der Waals surface area (Å²) in [5.41, 5.74) is 4.74. The monoisotopic (exact) mass is 390 g/mol. The van der Waals surface area contributed by atoms with Crippen molar-refractivity contribution in [3.8, 4) is 0 Å². The van der Waals surface area contributed by atoms with Gasteiger partial charge in [-0.15, -0.1) is 0 Å². The van der Waals surface area contributed by atoms with Gasteiger partial charge in [0.05, 0.1) is 6.04 Å². The smallest absolute Gasteiger partial charge is 0.251 e. The van der Waals surface area contributed by atoms with E-state index in [1.165, 1.54) is 36.1 Å². The minimum absolute atomic E-state index is 0.0220. The molecule has 29 heavy (non-hydrogen) atoms. The number of nitrogens with one attached hydrogen (secondary N) is 2. The fraction of sp³-hybridized carbons (Fsp3) is 0.480. The molecule has 1 heterocycles. The van der Waals surface area contributed by atoms with Crippen molar-refractivity contribution in [2.24, 2.45) is 17.8 Å². The SMILES string of the molecule is COCCCNC(=O)c1ccc2c(c1)[C@@H]1[C@H]3CC[C@@H](C3)[C@H]1[C@H](c1ccccc1)N2. The van der Waals surface area contributed by atoms with E-state index in [1.54, 1.807) is 7.11 Å². The van der Waals surface area contributed by atoms with E-state index in [1.807, 2.05) is 6.07 Å². The van der Waals surface area contributed by atoms with Crippen molar-refractivity contribution < 1.29 is 9.53 Å². The topological polar surface area (TPSA) is 50.4 Å². The number of hydrogen-bond donors (Lipinski definition) is 2. The van der Waals surface area contributed by atoms with Crippen molar-refractivity contribution >= 4 is 11.6 Å². The second kappa shape index (κ2) is 7.83. The van der Waals surface area contributed by atoms with Crippen molar-refractivity contribution in [1.29, 1.82) is 0 Å². The summed E-state index contributed by atoms with van der Waals surface area (Å²) in [4.78, 5) is 12.7. The molecule has 5 rings (SSSR count). The predicted molar refractivity (Wildman–Crippen MR) is 115 cm³/mol. The van der Waals surface area contributed by atoms with Crippen LogP contribution in [0.1, 0.15) is 59.1 Å². The van der Waals surface area contributed by atoms with Crippen LogP contribution in [0.3, 0.4) is 0 Å². The maximum atomic E-state index is 12.7. The highest BCUT2D eigenvalue weighted by atomic mass is 16.5. The van der Waals surface area contributed by atoms with E-state index < -0.39 is 0 Å². The van der Waals surface area contributed by atoms with Crippen LogP contribution in [0.15, 0.2) is 48.5 Å². The second-order valence-corrected chi connectivity index (χ2v) is 8.87. The van der Waals surface area contributed by atoms with Gasteiger partial charge in [-0.05, 0) is 78.7 Å². The average molecular weight is 391 g/mol. The molecule has 0 radical (unpaired) electrons. The number of carbonyl (C=O) groups is 1. The van der Waals surface area contributed by atoms with Gasteiger partial charge in [-0.2, -0.15) is 0 Å². The number of ether oxygens (including phenoxy) is 1. The van der Waals surface area contributed by atoms with Crippen LogP contribution in [0, 0.1) is 17.8 Å². The molecule has 1 amide bonds. The van der Waals surface area contributed by atoms with E-state index in [0.717, 1.165) is 23.8 Å². The molecule has 2 aromatic rings. The molecule has 5 atom stereocenters. The van der Waals surface area contributed by atoms with Crippen LogP contribution in [0.4, 0.5) is 5.69 Å². The van der Waals surface area contributed by atoms with Crippen molar-refractivity contribution in [1.82, 2.24) is 5.32 Å². The van der Waals surface area contributed by atoms with E-state index in [0.29, 0.717) is 31.0 Å². The highest BCUT2D eigenvalue weighted by Crippen LogP contribution is 2.63. The zero-order valence-electron chi connectivity index (χ0n) is 17.1. The fourth-order valence-corrected chi connectivity index (χ4v) is 6.14. The Balaban J connectivity index is 1.44. The van der Waals surface area contributed by atoms with Crippen LogP contribution in [-0.4, -0.2) is 26.2 Å². The molecule has 2 N–H and O–H groups in total. The molecule has 4 nitrogen and oxygen atoms in total. The number of methoxy groups -OCH3 is 1. The standard InChI is InChI=1S/C25H30N2O2/c1-29-13-5-12-26-25(28)19-10-11-21-20(15-19)22-17-8-9-18(14-17)23(22)24(27-21)16-6-3-2-4-7-16/h2-4,6-7,10-11,15,17-18,22-24,27H,5,8-9,12-14H2,1H3,(H,26,28)/t17-,18-,22-,23+,24-/m0/s1. The molecule has 1 aliphatic heterocycles. The lowest BCUT2D eigenvalue weighted by molar-refractivity contribution is 0.0948. The van der Waals surface area contributed by atoms with Crippen LogP contribution < -0.4 is 10.6 Å². The first-order valence-electron chi connectivity index (χ1n) is 11.0. The molecule has 0 aromatic heterocycles. The number of carbonyl (C=O) groups excluding carboxylic acids is 1. The Bertz CT molecular complexity index is 882. The molecule has 2 aliphatic carbocycles. The van der Waals surface area contributed by atoms with Gasteiger partial charge in [0.15, 0.2) is 0 Å². The lowest BCUT2D eigenvalue weighted by Gasteiger charge is -2.43. The lowest BCUT2D eigenvalue weighted by Crippen LogP contribution is -2.35. The third-order valence-corrected chi connectivity index (χ3v) is 7.32. The van der Waals surface area contributed by atoms with E-state index in [2.05, 4.69) is 53.1 Å². The summed E-state index contributed by atoms with van der Waals surface area (Å²) in [5, 5.41) is 6.88. The van der Waals surface area contributed by atoms with Gasteiger partial charge in [0.1, 0.15) is 0 Å². The first-order chi connectivity index (χ1) is 14.3. The second-order valence-electron chi connectivity index (χ2n) is 8.87. The van der Waals surface area contributed by atoms with E-state index >= 15 is 0 Å². The summed E-state index contributed by atoms with van der Waals surface area (Å²) in [6, 6.07) is 17.5. The quantitative estimate of drug-likeness (QED) is 0.700. The summed E-state index contributed by atoms with van der Waals surface area (Å²) in [5.74, 6) is 2.77. The first kappa shape index (κ1) is 18.7. The van der Waals surface area contributed by atoms with Gasteiger partial charge in [-0.25, -0.2) is 0 Å². The van der Waals surface area contributed by atoms with Crippen LogP contribution in [0.2, 0.25) is 0 Å². The van der Waals surface area contributed by atoms with Crippen molar-refractivity contribution in [2.45, 2.75) is 37.6 Å². The van der Waals surface area contributed by atoms with Crippen LogP contribution in [0.5, 0.6) is 0 Å². The largest absolute Gasteiger partial charge is 0.385 e. The maximum absolute atomic E-state index is 12.7. The molecule has 2 fully saturated rings. The molecule has 152 valence electrons. The number of fused-ring (bicyclic) bond motifs is 7. The molecular formula is C25H30N2O2. The number of rotatable bonds is 6. The van der Waals surface area contributed by atoms with Gasteiger partial charge >= 0.3 is 0 Å². The number of hydrogen-bond acceptors (Lipinski definition) is 3. The first-order valence-corrected chi connectivity index (χ1v) is 11.0. The van der Waals surface area contributed by atoms with Gasteiger partial charge in [-0.3, -0.25) is 4.79 Å². The summed E-state index contributed by atoms with van der Waals surface area (Å²) in [7, 11) is 1.69. The Morgan fingerprint density at radius 3 is 2.79 bits per heavy atom. The Labute approximate surface area is 173 Å². The van der Waals surface area contributed by atoms with Gasteiger partial charge in [0, 0.05) is 31.5 Å². The van der Waals surface area contributed by atoms with Gasteiger partial charge < -0.3 is 15.4 Å². The summed E-state index contributed by atoms with van der Waals surface area (Å²) in [6.45, 7) is 1.32. The van der Waals surface area contributed by atoms with Crippen molar-refractivity contribution in [3.63, 3.8) is 0 Å². The molecule has 0 saturated heterocycles. The van der Waals surface area contributed by atoms with Crippen LogP contribution in [-0.2, 0) is 4.74 Å². The van der Waals surface area contributed by atoms with Gasteiger partial charge in [0.25, 0.3) is 5.91 Å². The molecule has 3 aliphatic rings. The molecular weight excluding hydrogens is 360 g/mol. The predicted octanol–water partition coefficient (Wildman–Crippen LogP) is 4.75. The Morgan fingerprint density at radius 1 is 1.14 bits per heavy atom. The lowest BCUT2D eigenvalue weighted by atomic mass is 9.68. The maximum Gasteiger partial charge on any atom is 0.251 e.